The maximum absolute atomic E-state index is 12.0. The van der Waals surface area contributed by atoms with Crippen molar-refractivity contribution >= 4 is 34.8 Å². The summed E-state index contributed by atoms with van der Waals surface area (Å²) in [6, 6.07) is 10.8. The Balaban J connectivity index is 1.95. The van der Waals surface area contributed by atoms with Crippen molar-refractivity contribution in [3.8, 4) is 0 Å². The van der Waals surface area contributed by atoms with Crippen LogP contribution in [0.5, 0.6) is 0 Å². The smallest absolute Gasteiger partial charge is 0.258 e. The van der Waals surface area contributed by atoms with Crippen molar-refractivity contribution in [1.29, 1.82) is 0 Å². The molecule has 1 aliphatic heterocycles. The van der Waals surface area contributed by atoms with Crippen LogP contribution >= 0.6 is 23.2 Å². The average molecular weight is 323 g/mol. The van der Waals surface area contributed by atoms with Crippen LogP contribution < -0.4 is 0 Å². The first kappa shape index (κ1) is 14.2. The van der Waals surface area contributed by atoms with Gasteiger partial charge in [-0.05, 0) is 29.8 Å². The lowest BCUT2D eigenvalue weighted by atomic mass is 10.0. The molecule has 0 radical (unpaired) electrons. The summed E-state index contributed by atoms with van der Waals surface area (Å²) in [5, 5.41) is 6.40. The SMILES string of the molecule is O=C(CCl)N1N=C(c2ccco2)CC1c1cccc(Cl)c1. The maximum atomic E-state index is 12.0. The summed E-state index contributed by atoms with van der Waals surface area (Å²) in [4.78, 5) is 12.0. The van der Waals surface area contributed by atoms with E-state index < -0.39 is 0 Å². The minimum atomic E-state index is -0.247. The van der Waals surface area contributed by atoms with Crippen LogP contribution in [0.15, 0.2) is 52.2 Å². The lowest BCUT2D eigenvalue weighted by Crippen LogP contribution is -2.27. The molecule has 0 fully saturated rings. The van der Waals surface area contributed by atoms with E-state index in [1.807, 2.05) is 24.3 Å². The van der Waals surface area contributed by atoms with Gasteiger partial charge in [0.25, 0.3) is 5.91 Å². The van der Waals surface area contributed by atoms with E-state index >= 15 is 0 Å². The quantitative estimate of drug-likeness (QED) is 0.806. The Morgan fingerprint density at radius 1 is 1.38 bits per heavy atom. The second-order valence-corrected chi connectivity index (χ2v) is 5.37. The minimum Gasteiger partial charge on any atom is -0.463 e. The summed E-state index contributed by atoms with van der Waals surface area (Å²) in [5.74, 6) is 0.293. The van der Waals surface area contributed by atoms with E-state index in [9.17, 15) is 4.79 Å². The van der Waals surface area contributed by atoms with Gasteiger partial charge in [0.05, 0.1) is 12.3 Å². The van der Waals surface area contributed by atoms with Crippen molar-refractivity contribution in [2.75, 3.05) is 5.88 Å². The molecule has 0 bridgehead atoms. The molecular weight excluding hydrogens is 311 g/mol. The molecular formula is C15H12Cl2N2O2. The Kier molecular flexibility index (Phi) is 3.99. The first-order chi connectivity index (χ1) is 10.2. The summed E-state index contributed by atoms with van der Waals surface area (Å²) in [6.07, 6.45) is 2.15. The van der Waals surface area contributed by atoms with Gasteiger partial charge in [-0.15, -0.1) is 11.6 Å². The van der Waals surface area contributed by atoms with Gasteiger partial charge in [-0.1, -0.05) is 23.7 Å². The van der Waals surface area contributed by atoms with Gasteiger partial charge < -0.3 is 4.42 Å². The largest absolute Gasteiger partial charge is 0.463 e. The predicted octanol–water partition coefficient (Wildman–Crippen LogP) is 3.85. The summed E-state index contributed by atoms with van der Waals surface area (Å²) in [5.41, 5.74) is 1.65. The third-order valence-corrected chi connectivity index (χ3v) is 3.78. The Morgan fingerprint density at radius 2 is 2.24 bits per heavy atom. The second kappa shape index (κ2) is 5.92. The Morgan fingerprint density at radius 3 is 2.90 bits per heavy atom. The number of hydrazone groups is 1. The zero-order valence-electron chi connectivity index (χ0n) is 11.0. The van der Waals surface area contributed by atoms with Crippen LogP contribution in [0.3, 0.4) is 0 Å². The number of alkyl halides is 1. The lowest BCUT2D eigenvalue weighted by Gasteiger charge is -2.21. The molecule has 0 N–H and O–H groups in total. The lowest BCUT2D eigenvalue weighted by molar-refractivity contribution is -0.130. The minimum absolute atomic E-state index is 0.119. The number of carbonyl (C=O) groups excluding carboxylic acids is 1. The fourth-order valence-electron chi connectivity index (χ4n) is 2.37. The highest BCUT2D eigenvalue weighted by molar-refractivity contribution is 6.30. The average Bonchev–Trinajstić information content (AvgIpc) is 3.15. The number of carbonyl (C=O) groups is 1. The van der Waals surface area contributed by atoms with E-state index in [2.05, 4.69) is 5.10 Å². The third-order valence-electron chi connectivity index (χ3n) is 3.32. The molecule has 0 aliphatic carbocycles. The van der Waals surface area contributed by atoms with Gasteiger partial charge in [0, 0.05) is 11.4 Å². The second-order valence-electron chi connectivity index (χ2n) is 4.67. The molecule has 108 valence electrons. The number of hydrogen-bond donors (Lipinski definition) is 0. The molecule has 21 heavy (non-hydrogen) atoms. The number of hydrogen-bond acceptors (Lipinski definition) is 3. The van der Waals surface area contributed by atoms with E-state index in [1.165, 1.54) is 5.01 Å². The van der Waals surface area contributed by atoms with Crippen LogP contribution in [0, 0.1) is 0 Å². The summed E-state index contributed by atoms with van der Waals surface area (Å²) in [7, 11) is 0. The monoisotopic (exact) mass is 322 g/mol. The highest BCUT2D eigenvalue weighted by atomic mass is 35.5. The molecule has 2 aromatic rings. The van der Waals surface area contributed by atoms with Crippen LogP contribution in [-0.4, -0.2) is 22.5 Å². The van der Waals surface area contributed by atoms with Crippen molar-refractivity contribution in [2.45, 2.75) is 12.5 Å². The van der Waals surface area contributed by atoms with Gasteiger partial charge >= 0.3 is 0 Å². The number of nitrogens with zero attached hydrogens (tertiary/aromatic N) is 2. The molecule has 1 atom stereocenters. The molecule has 2 heterocycles. The third kappa shape index (κ3) is 2.82. The molecule has 0 spiro atoms. The van der Waals surface area contributed by atoms with Gasteiger partial charge in [0.1, 0.15) is 17.4 Å². The van der Waals surface area contributed by atoms with Crippen LogP contribution in [0.1, 0.15) is 23.8 Å². The van der Waals surface area contributed by atoms with Crippen LogP contribution in [0.4, 0.5) is 0 Å². The van der Waals surface area contributed by atoms with Crippen LogP contribution in [0.2, 0.25) is 5.02 Å². The first-order valence-corrected chi connectivity index (χ1v) is 7.35. The number of halogens is 2. The Labute approximate surface area is 131 Å². The molecule has 1 aliphatic rings. The highest BCUT2D eigenvalue weighted by Crippen LogP contribution is 2.33. The molecule has 1 aromatic heterocycles. The molecule has 0 saturated carbocycles. The van der Waals surface area contributed by atoms with Crippen molar-refractivity contribution in [3.63, 3.8) is 0 Å². The van der Waals surface area contributed by atoms with Crippen molar-refractivity contribution in [3.05, 3.63) is 59.0 Å². The zero-order valence-corrected chi connectivity index (χ0v) is 12.5. The molecule has 1 amide bonds. The number of amides is 1. The standard InChI is InChI=1S/C15H12Cl2N2O2/c16-9-15(20)19-13(10-3-1-4-11(17)7-10)8-12(18-19)14-5-2-6-21-14/h1-7,13H,8-9H2. The van der Waals surface area contributed by atoms with Gasteiger partial charge in [-0.3, -0.25) is 4.79 Å². The van der Waals surface area contributed by atoms with E-state index in [4.69, 9.17) is 27.6 Å². The van der Waals surface area contributed by atoms with Gasteiger partial charge in [-0.25, -0.2) is 5.01 Å². The fraction of sp³-hybridized carbons (Fsp3) is 0.200. The topological polar surface area (TPSA) is 45.8 Å². The normalized spacial score (nSPS) is 17.9. The molecule has 6 heteroatoms. The summed E-state index contributed by atoms with van der Waals surface area (Å²) in [6.45, 7) is 0. The van der Waals surface area contributed by atoms with Crippen LogP contribution in [-0.2, 0) is 4.79 Å². The zero-order chi connectivity index (χ0) is 14.8. The highest BCUT2D eigenvalue weighted by Gasteiger charge is 2.33. The molecule has 1 unspecified atom stereocenters. The van der Waals surface area contributed by atoms with Crippen molar-refractivity contribution in [1.82, 2.24) is 5.01 Å². The predicted molar refractivity (Wildman–Crippen MR) is 81.6 cm³/mol. The number of furan rings is 1. The molecule has 3 rings (SSSR count). The van der Waals surface area contributed by atoms with E-state index in [0.29, 0.717) is 17.2 Å². The fourth-order valence-corrected chi connectivity index (χ4v) is 2.69. The Bertz CT molecular complexity index is 683. The van der Waals surface area contributed by atoms with Gasteiger partial charge in [-0.2, -0.15) is 5.10 Å². The molecule has 4 nitrogen and oxygen atoms in total. The maximum Gasteiger partial charge on any atom is 0.258 e. The van der Waals surface area contributed by atoms with E-state index in [0.717, 1.165) is 11.3 Å². The number of benzene rings is 1. The number of rotatable bonds is 3. The van der Waals surface area contributed by atoms with Crippen LogP contribution in [0.25, 0.3) is 0 Å². The van der Waals surface area contributed by atoms with Crippen molar-refractivity contribution in [2.24, 2.45) is 5.10 Å². The van der Waals surface area contributed by atoms with Gasteiger partial charge in [0.2, 0.25) is 0 Å². The summed E-state index contributed by atoms with van der Waals surface area (Å²) >= 11 is 11.7. The molecule has 1 aromatic carbocycles. The first-order valence-electron chi connectivity index (χ1n) is 6.44. The summed E-state index contributed by atoms with van der Waals surface area (Å²) < 4.78 is 5.36. The van der Waals surface area contributed by atoms with E-state index in [1.54, 1.807) is 18.4 Å². The molecule has 0 saturated heterocycles. The van der Waals surface area contributed by atoms with E-state index in [-0.39, 0.29) is 17.8 Å². The van der Waals surface area contributed by atoms with Crippen molar-refractivity contribution < 1.29 is 9.21 Å². The Hall–Kier alpha value is -1.78. The van der Waals surface area contributed by atoms with Gasteiger partial charge in [0.15, 0.2) is 0 Å².